The molecule has 1 atom stereocenters. The number of hydrogen-bond acceptors (Lipinski definition) is 3. The lowest BCUT2D eigenvalue weighted by molar-refractivity contribution is 0.452. The number of nitrogens with one attached hydrogen (secondary N) is 1. The second-order valence-corrected chi connectivity index (χ2v) is 4.53. The van der Waals surface area contributed by atoms with Crippen molar-refractivity contribution in [2.45, 2.75) is 26.4 Å². The first kappa shape index (κ1) is 12.6. The van der Waals surface area contributed by atoms with Crippen LogP contribution in [0, 0.1) is 6.92 Å². The normalized spacial score (nSPS) is 12.3. The van der Waals surface area contributed by atoms with E-state index in [-0.39, 0.29) is 6.04 Å². The molecule has 3 heteroatoms. The average Bonchev–Trinajstić information content (AvgIpc) is 2.37. The summed E-state index contributed by atoms with van der Waals surface area (Å²) in [4.78, 5) is 4.08. The van der Waals surface area contributed by atoms with Crippen molar-refractivity contribution in [2.24, 2.45) is 0 Å². The monoisotopic (exact) mass is 242 g/mol. The van der Waals surface area contributed by atoms with Crippen LogP contribution in [0.1, 0.15) is 29.7 Å². The fraction of sp³-hybridized carbons (Fsp3) is 0.267. The molecule has 0 amide bonds. The summed E-state index contributed by atoms with van der Waals surface area (Å²) in [6, 6.07) is 9.82. The summed E-state index contributed by atoms with van der Waals surface area (Å²) in [5.74, 6) is 0.348. The fourth-order valence-electron chi connectivity index (χ4n) is 1.90. The highest BCUT2D eigenvalue weighted by Gasteiger charge is 2.09. The largest absolute Gasteiger partial charge is 0.508 e. The predicted octanol–water partition coefficient (Wildman–Crippen LogP) is 2.95. The molecule has 3 nitrogen and oxygen atoms in total. The third-order valence-electron chi connectivity index (χ3n) is 2.99. The molecule has 18 heavy (non-hydrogen) atoms. The van der Waals surface area contributed by atoms with Crippen LogP contribution in [0.25, 0.3) is 0 Å². The molecule has 1 aromatic carbocycles. The Balaban J connectivity index is 2.01. The zero-order valence-electron chi connectivity index (χ0n) is 10.7. The van der Waals surface area contributed by atoms with Crippen LogP contribution >= 0.6 is 0 Å². The Morgan fingerprint density at radius 3 is 2.83 bits per heavy atom. The van der Waals surface area contributed by atoms with Crippen LogP contribution in [0.4, 0.5) is 0 Å². The van der Waals surface area contributed by atoms with E-state index in [0.29, 0.717) is 5.75 Å². The molecule has 0 aliphatic rings. The molecule has 0 radical (unpaired) electrons. The van der Waals surface area contributed by atoms with Gasteiger partial charge in [-0.15, -0.1) is 0 Å². The van der Waals surface area contributed by atoms with Crippen molar-refractivity contribution in [2.75, 3.05) is 0 Å². The van der Waals surface area contributed by atoms with Gasteiger partial charge in [-0.2, -0.15) is 0 Å². The summed E-state index contributed by atoms with van der Waals surface area (Å²) in [5, 5.41) is 13.3. The number of rotatable bonds is 4. The Bertz CT molecular complexity index is 511. The van der Waals surface area contributed by atoms with Crippen molar-refractivity contribution in [3.63, 3.8) is 0 Å². The highest BCUT2D eigenvalue weighted by Crippen LogP contribution is 2.25. The van der Waals surface area contributed by atoms with Crippen molar-refractivity contribution in [1.29, 1.82) is 0 Å². The Morgan fingerprint density at radius 2 is 2.17 bits per heavy atom. The second-order valence-electron chi connectivity index (χ2n) is 4.53. The van der Waals surface area contributed by atoms with Crippen LogP contribution in [-0.2, 0) is 6.54 Å². The van der Waals surface area contributed by atoms with Crippen LogP contribution < -0.4 is 5.32 Å². The SMILES string of the molecule is Cc1ccc(C(C)NCc2cccnc2)c(O)c1. The number of pyridine rings is 1. The summed E-state index contributed by atoms with van der Waals surface area (Å²) < 4.78 is 0. The van der Waals surface area contributed by atoms with Crippen LogP contribution in [0.5, 0.6) is 5.75 Å². The first-order valence-electron chi connectivity index (χ1n) is 6.08. The molecule has 0 fully saturated rings. The summed E-state index contributed by atoms with van der Waals surface area (Å²) in [5.41, 5.74) is 3.12. The number of nitrogens with zero attached hydrogens (tertiary/aromatic N) is 1. The van der Waals surface area contributed by atoms with E-state index in [2.05, 4.69) is 10.3 Å². The maximum atomic E-state index is 9.91. The zero-order valence-corrected chi connectivity index (χ0v) is 10.7. The van der Waals surface area contributed by atoms with E-state index in [0.717, 1.165) is 23.2 Å². The lowest BCUT2D eigenvalue weighted by Gasteiger charge is -2.16. The maximum absolute atomic E-state index is 9.91. The number of phenolic OH excluding ortho intramolecular Hbond substituents is 1. The van der Waals surface area contributed by atoms with E-state index in [1.165, 1.54) is 0 Å². The van der Waals surface area contributed by atoms with Gasteiger partial charge < -0.3 is 10.4 Å². The average molecular weight is 242 g/mol. The molecule has 0 bridgehead atoms. The first-order valence-corrected chi connectivity index (χ1v) is 6.08. The zero-order chi connectivity index (χ0) is 13.0. The van der Waals surface area contributed by atoms with E-state index in [9.17, 15) is 5.11 Å². The van der Waals surface area contributed by atoms with Crippen molar-refractivity contribution in [3.05, 3.63) is 59.4 Å². The molecule has 2 rings (SSSR count). The smallest absolute Gasteiger partial charge is 0.120 e. The van der Waals surface area contributed by atoms with Crippen molar-refractivity contribution < 1.29 is 5.11 Å². The van der Waals surface area contributed by atoms with Gasteiger partial charge in [-0.25, -0.2) is 0 Å². The lowest BCUT2D eigenvalue weighted by Crippen LogP contribution is -2.18. The molecule has 1 heterocycles. The lowest BCUT2D eigenvalue weighted by atomic mass is 10.0. The molecule has 1 unspecified atom stereocenters. The number of phenols is 1. The highest BCUT2D eigenvalue weighted by atomic mass is 16.3. The molecule has 2 aromatic rings. The number of aryl methyl sites for hydroxylation is 1. The predicted molar refractivity (Wildman–Crippen MR) is 72.3 cm³/mol. The highest BCUT2D eigenvalue weighted by molar-refractivity contribution is 5.37. The van der Waals surface area contributed by atoms with Crippen LogP contribution in [0.15, 0.2) is 42.7 Å². The van der Waals surface area contributed by atoms with Crippen LogP contribution in [0.2, 0.25) is 0 Å². The minimum atomic E-state index is 0.103. The van der Waals surface area contributed by atoms with E-state index in [1.807, 2.05) is 44.3 Å². The molecule has 0 spiro atoms. The van der Waals surface area contributed by atoms with E-state index < -0.39 is 0 Å². The summed E-state index contributed by atoms with van der Waals surface area (Å²) in [7, 11) is 0. The summed E-state index contributed by atoms with van der Waals surface area (Å²) >= 11 is 0. The van der Waals surface area contributed by atoms with Crippen LogP contribution in [-0.4, -0.2) is 10.1 Å². The number of aromatic nitrogens is 1. The molecule has 0 aliphatic heterocycles. The van der Waals surface area contributed by atoms with Gasteiger partial charge in [0.05, 0.1) is 0 Å². The first-order chi connectivity index (χ1) is 8.66. The molecule has 0 saturated carbocycles. The van der Waals surface area contributed by atoms with Gasteiger partial charge in [-0.1, -0.05) is 18.2 Å². The molecule has 2 N–H and O–H groups in total. The number of hydrogen-bond donors (Lipinski definition) is 2. The number of benzene rings is 1. The quantitative estimate of drug-likeness (QED) is 0.866. The van der Waals surface area contributed by atoms with Gasteiger partial charge in [0.15, 0.2) is 0 Å². The summed E-state index contributed by atoms with van der Waals surface area (Å²) in [6.45, 7) is 4.75. The standard InChI is InChI=1S/C15H18N2O/c1-11-5-6-14(15(18)8-11)12(2)17-10-13-4-3-7-16-9-13/h3-9,12,17-18H,10H2,1-2H3. The Hall–Kier alpha value is -1.87. The van der Waals surface area contributed by atoms with E-state index in [4.69, 9.17) is 0 Å². The van der Waals surface area contributed by atoms with E-state index in [1.54, 1.807) is 12.3 Å². The minimum absolute atomic E-state index is 0.103. The van der Waals surface area contributed by atoms with E-state index >= 15 is 0 Å². The van der Waals surface area contributed by atoms with Gasteiger partial charge in [-0.3, -0.25) is 4.98 Å². The van der Waals surface area contributed by atoms with Gasteiger partial charge >= 0.3 is 0 Å². The van der Waals surface area contributed by atoms with Crippen molar-refractivity contribution in [3.8, 4) is 5.75 Å². The Kier molecular flexibility index (Phi) is 3.95. The number of aromatic hydroxyl groups is 1. The molecule has 1 aromatic heterocycles. The van der Waals surface area contributed by atoms with Gasteiger partial charge in [0.25, 0.3) is 0 Å². The minimum Gasteiger partial charge on any atom is -0.508 e. The van der Waals surface area contributed by atoms with Crippen molar-refractivity contribution >= 4 is 0 Å². The Morgan fingerprint density at radius 1 is 1.33 bits per heavy atom. The molecule has 0 saturated heterocycles. The third kappa shape index (κ3) is 3.08. The van der Waals surface area contributed by atoms with Gasteiger partial charge in [0.2, 0.25) is 0 Å². The van der Waals surface area contributed by atoms with Crippen LogP contribution in [0.3, 0.4) is 0 Å². The van der Waals surface area contributed by atoms with Gasteiger partial charge in [-0.05, 0) is 37.1 Å². The third-order valence-corrected chi connectivity index (χ3v) is 2.99. The maximum Gasteiger partial charge on any atom is 0.120 e. The van der Waals surface area contributed by atoms with Gasteiger partial charge in [0, 0.05) is 30.5 Å². The van der Waals surface area contributed by atoms with Gasteiger partial charge in [0.1, 0.15) is 5.75 Å². The topological polar surface area (TPSA) is 45.2 Å². The Labute approximate surface area is 108 Å². The molecular weight excluding hydrogens is 224 g/mol. The van der Waals surface area contributed by atoms with Crippen molar-refractivity contribution in [1.82, 2.24) is 10.3 Å². The fourth-order valence-corrected chi connectivity index (χ4v) is 1.90. The summed E-state index contributed by atoms with van der Waals surface area (Å²) in [6.07, 6.45) is 3.60. The molecular formula is C15H18N2O. The molecule has 94 valence electrons. The molecule has 0 aliphatic carbocycles. The second kappa shape index (κ2) is 5.65.